The van der Waals surface area contributed by atoms with Crippen LogP contribution in [0.2, 0.25) is 0 Å². The van der Waals surface area contributed by atoms with E-state index in [-0.39, 0.29) is 4.90 Å². The first-order chi connectivity index (χ1) is 15.9. The largest absolute Gasteiger partial charge is 0.368 e. The predicted molar refractivity (Wildman–Crippen MR) is 134 cm³/mol. The summed E-state index contributed by atoms with van der Waals surface area (Å²) in [4.78, 5) is 9.65. The number of sulfone groups is 1. The summed E-state index contributed by atoms with van der Waals surface area (Å²) in [7, 11) is -3.73. The number of aryl methyl sites for hydroxylation is 2. The molecule has 1 aliphatic rings. The monoisotopic (exact) mass is 457 g/mol. The molecule has 1 aliphatic heterocycles. The molecule has 0 aliphatic carbocycles. The van der Waals surface area contributed by atoms with E-state index >= 15 is 0 Å². The lowest BCUT2D eigenvalue weighted by Gasteiger charge is -2.38. The molecule has 168 valence electrons. The van der Waals surface area contributed by atoms with E-state index in [2.05, 4.69) is 26.9 Å². The van der Waals surface area contributed by atoms with Crippen LogP contribution in [-0.4, -0.2) is 39.6 Å². The van der Waals surface area contributed by atoms with Gasteiger partial charge < -0.3 is 9.80 Å². The summed E-state index contributed by atoms with van der Waals surface area (Å²) in [6, 6.07) is 23.5. The van der Waals surface area contributed by atoms with Gasteiger partial charge in [0, 0.05) is 43.4 Å². The molecule has 1 saturated heterocycles. The quantitative estimate of drug-likeness (QED) is 0.431. The van der Waals surface area contributed by atoms with Crippen LogP contribution < -0.4 is 9.80 Å². The number of nitrogens with zero attached hydrogens (tertiary/aromatic N) is 3. The van der Waals surface area contributed by atoms with E-state index in [0.717, 1.165) is 53.9 Å². The van der Waals surface area contributed by atoms with Crippen molar-refractivity contribution >= 4 is 32.1 Å². The average Bonchev–Trinajstić information content (AvgIpc) is 2.85. The van der Waals surface area contributed by atoms with Crippen molar-refractivity contribution in [2.24, 2.45) is 0 Å². The number of aromatic nitrogens is 1. The molecule has 4 aromatic rings. The van der Waals surface area contributed by atoms with Gasteiger partial charge in [-0.3, -0.25) is 4.98 Å². The molecule has 0 N–H and O–H groups in total. The van der Waals surface area contributed by atoms with Crippen LogP contribution in [0, 0.1) is 13.8 Å². The van der Waals surface area contributed by atoms with Crippen LogP contribution >= 0.6 is 0 Å². The Kier molecular flexibility index (Phi) is 5.54. The third-order valence-electron chi connectivity index (χ3n) is 6.51. The third kappa shape index (κ3) is 3.95. The first kappa shape index (κ1) is 21.5. The molecule has 1 fully saturated rings. The van der Waals surface area contributed by atoms with Crippen molar-refractivity contribution in [3.05, 3.63) is 90.1 Å². The lowest BCUT2D eigenvalue weighted by molar-refractivity contribution is 0.593. The van der Waals surface area contributed by atoms with Crippen molar-refractivity contribution in [2.75, 3.05) is 36.0 Å². The van der Waals surface area contributed by atoms with Gasteiger partial charge in [0.15, 0.2) is 0 Å². The van der Waals surface area contributed by atoms with Gasteiger partial charge in [-0.1, -0.05) is 42.5 Å². The molecule has 0 spiro atoms. The van der Waals surface area contributed by atoms with Gasteiger partial charge in [-0.15, -0.1) is 0 Å². The Bertz CT molecular complexity index is 1410. The molecule has 0 bridgehead atoms. The molecular formula is C27H27N3O2S. The summed E-state index contributed by atoms with van der Waals surface area (Å²) in [6.45, 7) is 7.04. The van der Waals surface area contributed by atoms with Crippen LogP contribution in [0.5, 0.6) is 0 Å². The van der Waals surface area contributed by atoms with Crippen molar-refractivity contribution in [3.8, 4) is 0 Å². The van der Waals surface area contributed by atoms with E-state index in [9.17, 15) is 8.42 Å². The van der Waals surface area contributed by atoms with Crippen LogP contribution in [-0.2, 0) is 9.84 Å². The number of pyridine rings is 1. The molecule has 0 radical (unpaired) electrons. The van der Waals surface area contributed by atoms with Crippen molar-refractivity contribution in [1.82, 2.24) is 4.98 Å². The summed E-state index contributed by atoms with van der Waals surface area (Å²) in [5.41, 5.74) is 4.79. The maximum absolute atomic E-state index is 13.8. The minimum atomic E-state index is -3.73. The zero-order valence-electron chi connectivity index (χ0n) is 18.9. The van der Waals surface area contributed by atoms with Gasteiger partial charge in [0.05, 0.1) is 16.1 Å². The van der Waals surface area contributed by atoms with Crippen molar-refractivity contribution in [3.63, 3.8) is 0 Å². The molecule has 0 saturated carbocycles. The fourth-order valence-electron chi connectivity index (χ4n) is 4.47. The van der Waals surface area contributed by atoms with Crippen LogP contribution in [0.3, 0.4) is 0 Å². The van der Waals surface area contributed by atoms with E-state index in [1.807, 2.05) is 62.4 Å². The van der Waals surface area contributed by atoms with Crippen LogP contribution in [0.1, 0.15) is 11.1 Å². The summed E-state index contributed by atoms with van der Waals surface area (Å²) in [5, 5.41) is 0.871. The number of anilines is 2. The molecule has 5 nitrogen and oxygen atoms in total. The Hall–Kier alpha value is -3.38. The van der Waals surface area contributed by atoms with Gasteiger partial charge in [-0.2, -0.15) is 0 Å². The SMILES string of the molecule is Cc1ccc(S(=O)(=O)c2cnc3ccccc3c2N2CCN(c3ccccc3)CC2)cc1C. The molecule has 0 amide bonds. The number of fused-ring (bicyclic) bond motifs is 1. The zero-order valence-corrected chi connectivity index (χ0v) is 19.7. The molecule has 1 aromatic heterocycles. The zero-order chi connectivity index (χ0) is 23.0. The molecule has 5 rings (SSSR count). The first-order valence-electron chi connectivity index (χ1n) is 11.2. The Morgan fingerprint density at radius 1 is 0.758 bits per heavy atom. The van der Waals surface area contributed by atoms with Crippen molar-refractivity contribution in [2.45, 2.75) is 23.6 Å². The summed E-state index contributed by atoms with van der Waals surface area (Å²) < 4.78 is 27.6. The highest BCUT2D eigenvalue weighted by Gasteiger charge is 2.29. The Balaban J connectivity index is 1.58. The van der Waals surface area contributed by atoms with E-state index in [1.165, 1.54) is 11.9 Å². The standard InChI is InChI=1S/C27H27N3O2S/c1-20-12-13-23(18-21(20)2)33(31,32)26-19-28-25-11-7-6-10-24(25)27(26)30-16-14-29(15-17-30)22-8-4-3-5-9-22/h3-13,18-19H,14-17H2,1-2H3. The number of benzene rings is 3. The Morgan fingerprint density at radius 2 is 1.42 bits per heavy atom. The maximum Gasteiger partial charge on any atom is 0.210 e. The third-order valence-corrected chi connectivity index (χ3v) is 8.26. The molecule has 3 aromatic carbocycles. The van der Waals surface area contributed by atoms with Crippen molar-refractivity contribution < 1.29 is 8.42 Å². The predicted octanol–water partition coefficient (Wildman–Crippen LogP) is 5.01. The topological polar surface area (TPSA) is 53.5 Å². The molecule has 2 heterocycles. The fourth-order valence-corrected chi connectivity index (χ4v) is 5.98. The second kappa shape index (κ2) is 8.52. The average molecular weight is 458 g/mol. The number of para-hydroxylation sites is 2. The Labute approximate surface area is 195 Å². The number of rotatable bonds is 4. The first-order valence-corrected chi connectivity index (χ1v) is 12.7. The van der Waals surface area contributed by atoms with Crippen molar-refractivity contribution in [1.29, 1.82) is 0 Å². The smallest absolute Gasteiger partial charge is 0.210 e. The van der Waals surface area contributed by atoms with E-state index in [4.69, 9.17) is 0 Å². The number of piperazine rings is 1. The second-order valence-corrected chi connectivity index (χ2v) is 10.5. The minimum Gasteiger partial charge on any atom is -0.368 e. The van der Waals surface area contributed by atoms with Gasteiger partial charge in [-0.25, -0.2) is 8.42 Å². The lowest BCUT2D eigenvalue weighted by atomic mass is 10.1. The molecular weight excluding hydrogens is 430 g/mol. The van der Waals surface area contributed by atoms with Crippen LogP contribution in [0.25, 0.3) is 10.9 Å². The van der Waals surface area contributed by atoms with Gasteiger partial charge in [0.25, 0.3) is 0 Å². The molecule has 33 heavy (non-hydrogen) atoms. The van der Waals surface area contributed by atoms with Gasteiger partial charge in [0.2, 0.25) is 9.84 Å². The Morgan fingerprint density at radius 3 is 2.15 bits per heavy atom. The minimum absolute atomic E-state index is 0.276. The maximum atomic E-state index is 13.8. The normalized spacial score (nSPS) is 14.6. The molecule has 6 heteroatoms. The summed E-state index contributed by atoms with van der Waals surface area (Å²) >= 11 is 0. The fraction of sp³-hybridized carbons (Fsp3) is 0.222. The van der Waals surface area contributed by atoms with Gasteiger partial charge in [0.1, 0.15) is 4.90 Å². The number of hydrogen-bond donors (Lipinski definition) is 0. The summed E-state index contributed by atoms with van der Waals surface area (Å²) in [5.74, 6) is 0. The van der Waals surface area contributed by atoms with E-state index in [0.29, 0.717) is 4.90 Å². The van der Waals surface area contributed by atoms with Gasteiger partial charge in [-0.05, 0) is 55.3 Å². The second-order valence-electron chi connectivity index (χ2n) is 8.55. The summed E-state index contributed by atoms with van der Waals surface area (Å²) in [6.07, 6.45) is 1.53. The highest BCUT2D eigenvalue weighted by molar-refractivity contribution is 7.91. The van der Waals surface area contributed by atoms with E-state index in [1.54, 1.807) is 12.1 Å². The lowest BCUT2D eigenvalue weighted by Crippen LogP contribution is -2.47. The van der Waals surface area contributed by atoms with Crippen LogP contribution in [0.15, 0.2) is 88.8 Å². The van der Waals surface area contributed by atoms with E-state index < -0.39 is 9.84 Å². The number of hydrogen-bond acceptors (Lipinski definition) is 5. The van der Waals surface area contributed by atoms with Crippen LogP contribution in [0.4, 0.5) is 11.4 Å². The highest BCUT2D eigenvalue weighted by atomic mass is 32.2. The molecule has 0 unspecified atom stereocenters. The van der Waals surface area contributed by atoms with Gasteiger partial charge >= 0.3 is 0 Å². The highest BCUT2D eigenvalue weighted by Crippen LogP contribution is 2.37. The molecule has 0 atom stereocenters.